The summed E-state index contributed by atoms with van der Waals surface area (Å²) in [4.78, 5) is 36.7. The summed E-state index contributed by atoms with van der Waals surface area (Å²) in [5.74, 6) is 0.0978. The molecule has 1 amide bonds. The van der Waals surface area contributed by atoms with Crippen molar-refractivity contribution in [3.05, 3.63) is 51.1 Å². The number of rotatable bonds is 4. The number of hydrogen-bond donors (Lipinski definition) is 0. The second-order valence-corrected chi connectivity index (χ2v) is 10.1. The van der Waals surface area contributed by atoms with Gasteiger partial charge in [0.25, 0.3) is 5.56 Å². The number of para-hydroxylation sites is 1. The van der Waals surface area contributed by atoms with Gasteiger partial charge in [0.2, 0.25) is 5.91 Å². The van der Waals surface area contributed by atoms with Crippen LogP contribution in [0.4, 0.5) is 5.69 Å². The first-order chi connectivity index (χ1) is 14.4. The average Bonchev–Trinajstić information content (AvgIpc) is 3.05. The van der Waals surface area contributed by atoms with E-state index in [4.69, 9.17) is 4.98 Å². The maximum atomic E-state index is 13.0. The zero-order chi connectivity index (χ0) is 21.4. The molecule has 0 bridgehead atoms. The van der Waals surface area contributed by atoms with Crippen molar-refractivity contribution in [2.24, 2.45) is 7.05 Å². The van der Waals surface area contributed by atoms with Crippen LogP contribution in [-0.2, 0) is 11.8 Å². The largest absolute Gasteiger partial charge is 0.368 e. The Hall–Kier alpha value is -2.32. The predicted molar refractivity (Wildman–Crippen MR) is 125 cm³/mol. The van der Waals surface area contributed by atoms with E-state index >= 15 is 0 Å². The molecular formula is C22H26N4O2S2. The Morgan fingerprint density at radius 1 is 1.13 bits per heavy atom. The SMILES string of the molecule is Cc1sc2nc(SC(C)C(=O)N3CCN(c4ccccc4)CC3)n(C)c(=O)c2c1C. The third-order valence-electron chi connectivity index (χ3n) is 5.71. The number of aryl methyl sites for hydroxylation is 2. The smallest absolute Gasteiger partial charge is 0.262 e. The van der Waals surface area contributed by atoms with Gasteiger partial charge >= 0.3 is 0 Å². The molecule has 158 valence electrons. The molecule has 1 aliphatic rings. The summed E-state index contributed by atoms with van der Waals surface area (Å²) in [5.41, 5.74) is 2.15. The molecule has 1 aromatic carbocycles. The molecule has 4 rings (SSSR count). The van der Waals surface area contributed by atoms with Crippen LogP contribution in [0.15, 0.2) is 40.3 Å². The fourth-order valence-corrected chi connectivity index (χ4v) is 5.78. The number of carbonyl (C=O) groups excluding carboxylic acids is 1. The maximum absolute atomic E-state index is 13.0. The lowest BCUT2D eigenvalue weighted by atomic mass is 10.2. The van der Waals surface area contributed by atoms with Gasteiger partial charge in [-0.15, -0.1) is 11.3 Å². The summed E-state index contributed by atoms with van der Waals surface area (Å²) in [5, 5.41) is 0.990. The van der Waals surface area contributed by atoms with Crippen molar-refractivity contribution < 1.29 is 4.79 Å². The van der Waals surface area contributed by atoms with Crippen LogP contribution in [0.3, 0.4) is 0 Å². The molecule has 6 nitrogen and oxygen atoms in total. The van der Waals surface area contributed by atoms with Crippen molar-refractivity contribution in [1.29, 1.82) is 0 Å². The highest BCUT2D eigenvalue weighted by atomic mass is 32.2. The second kappa shape index (κ2) is 8.43. The van der Waals surface area contributed by atoms with E-state index in [1.165, 1.54) is 28.8 Å². The summed E-state index contributed by atoms with van der Waals surface area (Å²) in [6.45, 7) is 8.92. The molecule has 0 aliphatic carbocycles. The lowest BCUT2D eigenvalue weighted by Gasteiger charge is -2.37. The molecule has 2 aromatic heterocycles. The van der Waals surface area contributed by atoms with Gasteiger partial charge in [0.15, 0.2) is 5.16 Å². The van der Waals surface area contributed by atoms with E-state index in [9.17, 15) is 9.59 Å². The minimum absolute atomic E-state index is 0.0412. The molecule has 0 saturated carbocycles. The van der Waals surface area contributed by atoms with Crippen LogP contribution in [0.25, 0.3) is 10.2 Å². The topological polar surface area (TPSA) is 58.4 Å². The number of thioether (sulfide) groups is 1. The number of piperazine rings is 1. The van der Waals surface area contributed by atoms with Gasteiger partial charge in [0.1, 0.15) is 4.83 Å². The van der Waals surface area contributed by atoms with Crippen LogP contribution in [0, 0.1) is 13.8 Å². The first-order valence-electron chi connectivity index (χ1n) is 10.1. The molecule has 3 aromatic rings. The monoisotopic (exact) mass is 442 g/mol. The van der Waals surface area contributed by atoms with Crippen molar-refractivity contribution in [3.8, 4) is 0 Å². The Morgan fingerprint density at radius 3 is 2.47 bits per heavy atom. The van der Waals surface area contributed by atoms with Crippen LogP contribution in [-0.4, -0.2) is 51.8 Å². The zero-order valence-corrected chi connectivity index (χ0v) is 19.3. The Bertz CT molecular complexity index is 1130. The highest BCUT2D eigenvalue weighted by Gasteiger charge is 2.27. The van der Waals surface area contributed by atoms with Crippen molar-refractivity contribution in [3.63, 3.8) is 0 Å². The third kappa shape index (κ3) is 3.86. The van der Waals surface area contributed by atoms with Gasteiger partial charge in [-0.3, -0.25) is 14.2 Å². The second-order valence-electron chi connectivity index (χ2n) is 7.63. The number of carbonyl (C=O) groups is 1. The Balaban J connectivity index is 1.45. The van der Waals surface area contributed by atoms with Crippen LogP contribution in [0.5, 0.6) is 0 Å². The summed E-state index contributed by atoms with van der Waals surface area (Å²) < 4.78 is 1.57. The molecule has 0 radical (unpaired) electrons. The van der Waals surface area contributed by atoms with E-state index in [0.717, 1.165) is 28.4 Å². The van der Waals surface area contributed by atoms with Gasteiger partial charge < -0.3 is 9.80 Å². The Labute approximate surface area is 184 Å². The number of anilines is 1. The number of hydrogen-bond acceptors (Lipinski definition) is 6. The molecule has 1 saturated heterocycles. The first-order valence-corrected chi connectivity index (χ1v) is 11.8. The summed E-state index contributed by atoms with van der Waals surface area (Å²) in [7, 11) is 1.74. The van der Waals surface area contributed by atoms with Crippen LogP contribution in [0.1, 0.15) is 17.4 Å². The highest BCUT2D eigenvalue weighted by molar-refractivity contribution is 8.00. The van der Waals surface area contributed by atoms with E-state index in [2.05, 4.69) is 17.0 Å². The van der Waals surface area contributed by atoms with E-state index in [1.807, 2.05) is 43.9 Å². The number of thiophene rings is 1. The van der Waals surface area contributed by atoms with E-state index < -0.39 is 0 Å². The van der Waals surface area contributed by atoms with Crippen molar-refractivity contribution in [2.75, 3.05) is 31.1 Å². The fraction of sp³-hybridized carbons (Fsp3) is 0.409. The summed E-state index contributed by atoms with van der Waals surface area (Å²) in [6.07, 6.45) is 0. The van der Waals surface area contributed by atoms with Crippen LogP contribution >= 0.6 is 23.1 Å². The lowest BCUT2D eigenvalue weighted by Crippen LogP contribution is -2.50. The minimum Gasteiger partial charge on any atom is -0.368 e. The third-order valence-corrected chi connectivity index (χ3v) is 7.94. The molecule has 1 aliphatic heterocycles. The van der Waals surface area contributed by atoms with E-state index in [0.29, 0.717) is 23.6 Å². The number of benzene rings is 1. The van der Waals surface area contributed by atoms with Gasteiger partial charge in [0.05, 0.1) is 10.6 Å². The standard InChI is InChI=1S/C22H26N4O2S2/c1-14-15(2)29-19-18(14)21(28)24(4)22(23-19)30-16(3)20(27)26-12-10-25(11-13-26)17-8-6-5-7-9-17/h5-9,16H,10-13H2,1-4H3. The van der Waals surface area contributed by atoms with Gasteiger partial charge in [0, 0.05) is 43.8 Å². The van der Waals surface area contributed by atoms with Gasteiger partial charge in [-0.1, -0.05) is 30.0 Å². The van der Waals surface area contributed by atoms with Gasteiger partial charge in [-0.2, -0.15) is 0 Å². The van der Waals surface area contributed by atoms with E-state index in [-0.39, 0.29) is 16.7 Å². The molecule has 0 spiro atoms. The highest BCUT2D eigenvalue weighted by Crippen LogP contribution is 2.30. The number of aromatic nitrogens is 2. The first kappa shape index (κ1) is 20.9. The van der Waals surface area contributed by atoms with Crippen LogP contribution in [0.2, 0.25) is 0 Å². The molecule has 3 heterocycles. The zero-order valence-electron chi connectivity index (χ0n) is 17.7. The van der Waals surface area contributed by atoms with Crippen molar-refractivity contribution >= 4 is 44.9 Å². The normalized spacial score (nSPS) is 15.6. The van der Waals surface area contributed by atoms with Crippen LogP contribution < -0.4 is 10.5 Å². The molecule has 30 heavy (non-hydrogen) atoms. The Kier molecular flexibility index (Phi) is 5.88. The fourth-order valence-electron chi connectivity index (χ4n) is 3.75. The van der Waals surface area contributed by atoms with E-state index in [1.54, 1.807) is 11.6 Å². The predicted octanol–water partition coefficient (Wildman–Crippen LogP) is 3.44. The molecule has 1 unspecified atom stereocenters. The quantitative estimate of drug-likeness (QED) is 0.458. The maximum Gasteiger partial charge on any atom is 0.262 e. The van der Waals surface area contributed by atoms with Gasteiger partial charge in [-0.05, 0) is 38.5 Å². The molecule has 1 atom stereocenters. The molecule has 8 heteroatoms. The Morgan fingerprint density at radius 2 is 1.80 bits per heavy atom. The number of fused-ring (bicyclic) bond motifs is 1. The molecule has 1 fully saturated rings. The molecular weight excluding hydrogens is 416 g/mol. The van der Waals surface area contributed by atoms with Gasteiger partial charge in [-0.25, -0.2) is 4.98 Å². The summed E-state index contributed by atoms with van der Waals surface area (Å²) >= 11 is 2.91. The number of amides is 1. The van der Waals surface area contributed by atoms with Crippen molar-refractivity contribution in [1.82, 2.24) is 14.5 Å². The van der Waals surface area contributed by atoms with Crippen molar-refractivity contribution in [2.45, 2.75) is 31.2 Å². The summed E-state index contributed by atoms with van der Waals surface area (Å²) in [6, 6.07) is 10.3. The lowest BCUT2D eigenvalue weighted by molar-refractivity contribution is -0.130. The molecule has 0 N–H and O–H groups in total. The minimum atomic E-state index is -0.300. The number of nitrogens with zero attached hydrogens (tertiary/aromatic N) is 4. The average molecular weight is 443 g/mol.